The largest absolute Gasteiger partial charge is 0.390 e. The van der Waals surface area contributed by atoms with E-state index in [1.807, 2.05) is 6.92 Å². The van der Waals surface area contributed by atoms with Crippen molar-refractivity contribution in [2.75, 3.05) is 25.4 Å². The molecule has 1 rings (SSSR count). The SMILES string of the molecule is CCCCCCNC(=NCC(O)CS(=O)(=O)c1cccs1)NCC.I. The van der Waals surface area contributed by atoms with Crippen molar-refractivity contribution in [2.24, 2.45) is 4.99 Å². The minimum atomic E-state index is -3.45. The molecule has 0 aliphatic heterocycles. The molecule has 6 nitrogen and oxygen atoms in total. The number of nitrogens with one attached hydrogen (secondary N) is 2. The third-order valence-electron chi connectivity index (χ3n) is 3.34. The molecule has 0 amide bonds. The zero-order chi connectivity index (χ0) is 17.8. The van der Waals surface area contributed by atoms with Crippen molar-refractivity contribution in [3.63, 3.8) is 0 Å². The summed E-state index contributed by atoms with van der Waals surface area (Å²) in [5, 5.41) is 18.0. The van der Waals surface area contributed by atoms with Gasteiger partial charge < -0.3 is 15.7 Å². The summed E-state index contributed by atoms with van der Waals surface area (Å²) in [6, 6.07) is 3.24. The van der Waals surface area contributed by atoms with Crippen molar-refractivity contribution in [3.8, 4) is 0 Å². The van der Waals surface area contributed by atoms with Gasteiger partial charge in [-0.15, -0.1) is 35.3 Å². The highest BCUT2D eigenvalue weighted by Gasteiger charge is 2.20. The van der Waals surface area contributed by atoms with Gasteiger partial charge in [0, 0.05) is 13.1 Å². The van der Waals surface area contributed by atoms with Gasteiger partial charge in [0.05, 0.1) is 18.4 Å². The molecule has 1 unspecified atom stereocenters. The first-order valence-electron chi connectivity index (χ1n) is 8.46. The van der Waals surface area contributed by atoms with Gasteiger partial charge in [0.25, 0.3) is 0 Å². The Morgan fingerprint density at radius 2 is 2.04 bits per heavy atom. The van der Waals surface area contributed by atoms with E-state index in [4.69, 9.17) is 0 Å². The second-order valence-electron chi connectivity index (χ2n) is 5.57. The number of sulfone groups is 1. The van der Waals surface area contributed by atoms with Gasteiger partial charge in [-0.05, 0) is 24.8 Å². The maximum Gasteiger partial charge on any atom is 0.191 e. The maximum atomic E-state index is 12.1. The van der Waals surface area contributed by atoms with E-state index in [0.717, 1.165) is 24.3 Å². The number of aliphatic hydroxyl groups is 1. The fraction of sp³-hybridized carbons (Fsp3) is 0.688. The molecule has 1 aromatic heterocycles. The molecule has 3 N–H and O–H groups in total. The van der Waals surface area contributed by atoms with E-state index in [9.17, 15) is 13.5 Å². The third-order valence-corrected chi connectivity index (χ3v) is 6.63. The number of aliphatic imine (C=N–C) groups is 1. The second-order valence-corrected chi connectivity index (χ2v) is 8.78. The van der Waals surface area contributed by atoms with Crippen LogP contribution in [0.15, 0.2) is 26.7 Å². The van der Waals surface area contributed by atoms with Crippen LogP contribution in [0.4, 0.5) is 0 Å². The van der Waals surface area contributed by atoms with Gasteiger partial charge in [0.2, 0.25) is 0 Å². The fourth-order valence-electron chi connectivity index (χ4n) is 2.13. The molecule has 0 aromatic carbocycles. The Labute approximate surface area is 172 Å². The molecule has 146 valence electrons. The van der Waals surface area contributed by atoms with Crippen molar-refractivity contribution in [2.45, 2.75) is 49.8 Å². The lowest BCUT2D eigenvalue weighted by atomic mass is 10.2. The lowest BCUT2D eigenvalue weighted by Crippen LogP contribution is -2.38. The minimum Gasteiger partial charge on any atom is -0.390 e. The van der Waals surface area contributed by atoms with Gasteiger partial charge in [0.15, 0.2) is 15.8 Å². The van der Waals surface area contributed by atoms with Gasteiger partial charge in [0.1, 0.15) is 4.21 Å². The monoisotopic (exact) mass is 503 g/mol. The van der Waals surface area contributed by atoms with Crippen molar-refractivity contribution in [1.29, 1.82) is 0 Å². The first-order chi connectivity index (χ1) is 11.5. The van der Waals surface area contributed by atoms with Crippen LogP contribution in [-0.4, -0.2) is 51.0 Å². The van der Waals surface area contributed by atoms with Crippen LogP contribution in [0, 0.1) is 0 Å². The van der Waals surface area contributed by atoms with Crippen LogP contribution in [0.3, 0.4) is 0 Å². The zero-order valence-corrected chi connectivity index (χ0v) is 18.9. The summed E-state index contributed by atoms with van der Waals surface area (Å²) in [4.78, 5) is 4.28. The van der Waals surface area contributed by atoms with E-state index in [2.05, 4.69) is 22.5 Å². The molecule has 0 aliphatic carbocycles. The number of halogens is 1. The molecule has 0 spiro atoms. The van der Waals surface area contributed by atoms with E-state index in [1.165, 1.54) is 19.3 Å². The maximum absolute atomic E-state index is 12.1. The van der Waals surface area contributed by atoms with Crippen molar-refractivity contribution in [3.05, 3.63) is 17.5 Å². The highest BCUT2D eigenvalue weighted by atomic mass is 127. The molecular weight excluding hydrogens is 473 g/mol. The fourth-order valence-corrected chi connectivity index (χ4v) is 4.59. The molecule has 0 aliphatic rings. The topological polar surface area (TPSA) is 90.8 Å². The van der Waals surface area contributed by atoms with Crippen molar-refractivity contribution in [1.82, 2.24) is 10.6 Å². The van der Waals surface area contributed by atoms with E-state index < -0.39 is 15.9 Å². The molecular formula is C16H30IN3O3S2. The average Bonchev–Trinajstić information content (AvgIpc) is 3.07. The number of thiophene rings is 1. The van der Waals surface area contributed by atoms with Gasteiger partial charge in [-0.25, -0.2) is 8.42 Å². The summed E-state index contributed by atoms with van der Waals surface area (Å²) >= 11 is 1.16. The predicted octanol–water partition coefficient (Wildman–Crippen LogP) is 2.64. The Morgan fingerprint density at radius 3 is 2.64 bits per heavy atom. The number of hydrogen-bond acceptors (Lipinski definition) is 5. The lowest BCUT2D eigenvalue weighted by molar-refractivity contribution is 0.206. The number of nitrogens with zero attached hydrogens (tertiary/aromatic N) is 1. The number of unbranched alkanes of at least 4 members (excludes halogenated alkanes) is 3. The number of guanidine groups is 1. The number of aliphatic hydroxyl groups excluding tert-OH is 1. The molecule has 0 saturated heterocycles. The molecule has 1 aromatic rings. The van der Waals surface area contributed by atoms with E-state index in [1.54, 1.807) is 17.5 Å². The van der Waals surface area contributed by atoms with Crippen LogP contribution in [0.2, 0.25) is 0 Å². The molecule has 0 bridgehead atoms. The van der Waals surface area contributed by atoms with Crippen LogP contribution in [0.25, 0.3) is 0 Å². The molecule has 0 fully saturated rings. The number of rotatable bonds is 11. The smallest absolute Gasteiger partial charge is 0.191 e. The first kappa shape index (κ1) is 24.6. The van der Waals surface area contributed by atoms with Crippen LogP contribution >= 0.6 is 35.3 Å². The minimum absolute atomic E-state index is 0. The van der Waals surface area contributed by atoms with Gasteiger partial charge in [-0.1, -0.05) is 32.3 Å². The lowest BCUT2D eigenvalue weighted by Gasteiger charge is -2.13. The molecule has 25 heavy (non-hydrogen) atoms. The summed E-state index contributed by atoms with van der Waals surface area (Å²) < 4.78 is 24.5. The summed E-state index contributed by atoms with van der Waals surface area (Å²) in [6.07, 6.45) is 3.62. The summed E-state index contributed by atoms with van der Waals surface area (Å²) in [5.74, 6) is 0.300. The normalized spacial score (nSPS) is 13.2. The summed E-state index contributed by atoms with van der Waals surface area (Å²) in [7, 11) is -3.45. The summed E-state index contributed by atoms with van der Waals surface area (Å²) in [6.45, 7) is 5.71. The van der Waals surface area contributed by atoms with E-state index in [-0.39, 0.29) is 40.5 Å². The Bertz CT molecular complexity index is 577. The van der Waals surface area contributed by atoms with Crippen LogP contribution < -0.4 is 10.6 Å². The van der Waals surface area contributed by atoms with Gasteiger partial charge >= 0.3 is 0 Å². The number of hydrogen-bond donors (Lipinski definition) is 3. The molecule has 0 saturated carbocycles. The van der Waals surface area contributed by atoms with Crippen LogP contribution in [0.1, 0.15) is 39.5 Å². The Hall–Kier alpha value is -0.390. The average molecular weight is 503 g/mol. The molecule has 1 heterocycles. The standard InChI is InChI=1S/C16H29N3O3S2.HI/c1-3-5-6-7-10-18-16(17-4-2)19-12-14(20)13-24(21,22)15-9-8-11-23-15;/h8-9,11,14,20H,3-7,10,12-13H2,1-2H3,(H2,17,18,19);1H. The second kappa shape index (κ2) is 13.8. The highest BCUT2D eigenvalue weighted by Crippen LogP contribution is 2.18. The van der Waals surface area contributed by atoms with Crippen molar-refractivity contribution < 1.29 is 13.5 Å². The van der Waals surface area contributed by atoms with Crippen molar-refractivity contribution >= 4 is 51.1 Å². The zero-order valence-electron chi connectivity index (χ0n) is 14.9. The third kappa shape index (κ3) is 10.4. The van der Waals surface area contributed by atoms with Gasteiger partial charge in [-0.3, -0.25) is 4.99 Å². The predicted molar refractivity (Wildman–Crippen MR) is 116 cm³/mol. The quantitative estimate of drug-likeness (QED) is 0.187. The molecule has 0 radical (unpaired) electrons. The van der Waals surface area contributed by atoms with E-state index in [0.29, 0.717) is 12.5 Å². The Morgan fingerprint density at radius 1 is 1.28 bits per heavy atom. The molecule has 1 atom stereocenters. The highest BCUT2D eigenvalue weighted by molar-refractivity contribution is 14.0. The Kier molecular flexibility index (Phi) is 13.6. The Balaban J connectivity index is 0.00000576. The summed E-state index contributed by atoms with van der Waals surface area (Å²) in [5.41, 5.74) is 0. The van der Waals surface area contributed by atoms with Crippen LogP contribution in [0.5, 0.6) is 0 Å². The molecule has 9 heteroatoms. The first-order valence-corrected chi connectivity index (χ1v) is 11.0. The van der Waals surface area contributed by atoms with Gasteiger partial charge in [-0.2, -0.15) is 0 Å². The van der Waals surface area contributed by atoms with E-state index >= 15 is 0 Å². The van der Waals surface area contributed by atoms with Crippen LogP contribution in [-0.2, 0) is 9.84 Å².